The van der Waals surface area contributed by atoms with Gasteiger partial charge in [0.1, 0.15) is 0 Å². The van der Waals surface area contributed by atoms with Gasteiger partial charge in [-0.15, -0.1) is 0 Å². The Balaban J connectivity index is 2.81. The zero-order valence-electron chi connectivity index (χ0n) is 13.0. The van der Waals surface area contributed by atoms with Crippen LogP contribution in [0.25, 0.3) is 0 Å². The molecule has 0 bridgehead atoms. The molecule has 0 aromatic rings. The molecule has 1 aliphatic heterocycles. The summed E-state index contributed by atoms with van der Waals surface area (Å²) in [6.45, 7) is 8.25. The predicted molar refractivity (Wildman–Crippen MR) is 83.0 cm³/mol. The van der Waals surface area contributed by atoms with Crippen molar-refractivity contribution < 1.29 is 14.2 Å². The molecule has 0 amide bonds. The summed E-state index contributed by atoms with van der Waals surface area (Å²) in [4.78, 5) is 13.9. The van der Waals surface area contributed by atoms with E-state index in [1.54, 1.807) is 0 Å². The van der Waals surface area contributed by atoms with Gasteiger partial charge >= 0.3 is 126 Å². The van der Waals surface area contributed by atoms with Gasteiger partial charge in [-0.3, -0.25) is 0 Å². The van der Waals surface area contributed by atoms with Crippen LogP contribution < -0.4 is 0 Å². The van der Waals surface area contributed by atoms with E-state index in [0.29, 0.717) is 6.44 Å². The molecule has 0 N–H and O–H groups in total. The average molecular weight is 297 g/mol. The maximum absolute atomic E-state index is 11.7. The first-order valence-electron chi connectivity index (χ1n) is 6.94. The van der Waals surface area contributed by atoms with Crippen LogP contribution >= 0.6 is 11.8 Å². The summed E-state index contributed by atoms with van der Waals surface area (Å²) in [6.07, 6.45) is 4.40. The number of nitrogens with zero attached hydrogens (tertiary/aromatic N) is 1. The van der Waals surface area contributed by atoms with Crippen LogP contribution in [0.1, 0.15) is 27.7 Å². The van der Waals surface area contributed by atoms with E-state index >= 15 is 0 Å². The second-order valence-electron chi connectivity index (χ2n) is 5.82. The third-order valence-electron chi connectivity index (χ3n) is 3.70. The second-order valence-corrected chi connectivity index (χ2v) is 7.44. The fourth-order valence-corrected chi connectivity index (χ4v) is 3.66. The van der Waals surface area contributed by atoms with Gasteiger partial charge in [-0.05, 0) is 0 Å². The number of carbonyl (C=O) groups is 1. The van der Waals surface area contributed by atoms with E-state index < -0.39 is 0 Å². The number of thioether (sulfide) groups is 1. The summed E-state index contributed by atoms with van der Waals surface area (Å²) >= 11 is 1.83. The van der Waals surface area contributed by atoms with Crippen LogP contribution in [0.4, 0.5) is 0 Å². The van der Waals surface area contributed by atoms with Gasteiger partial charge in [-0.25, -0.2) is 0 Å². The Kier molecular flexibility index (Phi) is 6.46. The van der Waals surface area contributed by atoms with Gasteiger partial charge in [-0.1, -0.05) is 0 Å². The number of rotatable bonds is 6. The monoisotopic (exact) mass is 297 g/mol. The van der Waals surface area contributed by atoms with Crippen molar-refractivity contribution in [2.24, 2.45) is 11.8 Å². The molecule has 1 aliphatic rings. The number of hydrogen-bond acceptors (Lipinski definition) is 5. The fraction of sp³-hybridized carbons (Fsp3) is 0.786. The summed E-state index contributed by atoms with van der Waals surface area (Å²) < 4.78 is 15.7. The van der Waals surface area contributed by atoms with Crippen LogP contribution in [0.2, 0.25) is 0 Å². The van der Waals surface area contributed by atoms with E-state index in [-0.39, 0.29) is 28.7 Å². The van der Waals surface area contributed by atoms with Gasteiger partial charge in [0.25, 0.3) is 0 Å². The van der Waals surface area contributed by atoms with Crippen LogP contribution in [0.3, 0.4) is 0 Å². The Morgan fingerprint density at radius 3 is 2.70 bits per heavy atom. The third kappa shape index (κ3) is 4.19. The van der Waals surface area contributed by atoms with Crippen LogP contribution in [-0.2, 0) is 14.2 Å². The Labute approximate surface area is 126 Å². The van der Waals surface area contributed by atoms with Gasteiger partial charge in [0.2, 0.25) is 0 Å². The third-order valence-corrected chi connectivity index (χ3v) is 5.15. The maximum atomic E-state index is 11.7. The molecule has 0 saturated carbocycles. The standard InChI is InChI=1S/C14H24BNO3S/c1-10(2)12(13(17)19-5)7-6-11-8-20-14(3,4)16(11)9-15-18/h6-7,10-12H,8-9H2,1-5H3/b7-6+. The van der Waals surface area contributed by atoms with Gasteiger partial charge in [-0.2, -0.15) is 0 Å². The average Bonchev–Trinajstić information content (AvgIpc) is 2.66. The number of carbonyl (C=O) groups excluding carboxylic acids is 1. The molecule has 0 spiro atoms. The van der Waals surface area contributed by atoms with Crippen molar-refractivity contribution >= 4 is 24.9 Å². The summed E-state index contributed by atoms with van der Waals surface area (Å²) in [5, 5.41) is 0. The molecule has 0 aromatic heterocycles. The fourth-order valence-electron chi connectivity index (χ4n) is 2.41. The Morgan fingerprint density at radius 1 is 1.55 bits per heavy atom. The normalized spacial score (nSPS) is 24.0. The van der Waals surface area contributed by atoms with Crippen LogP contribution in [0.5, 0.6) is 0 Å². The molecular weight excluding hydrogens is 273 g/mol. The number of ether oxygens (including phenoxy) is 1. The van der Waals surface area contributed by atoms with Crippen molar-refractivity contribution in [3.8, 4) is 0 Å². The van der Waals surface area contributed by atoms with Crippen molar-refractivity contribution in [3.63, 3.8) is 0 Å². The van der Waals surface area contributed by atoms with Crippen molar-refractivity contribution in [3.05, 3.63) is 12.2 Å². The Hall–Kier alpha value is -0.615. The van der Waals surface area contributed by atoms with Gasteiger partial charge in [0.05, 0.1) is 0 Å². The topological polar surface area (TPSA) is 46.6 Å². The first-order valence-corrected chi connectivity index (χ1v) is 7.92. The zero-order chi connectivity index (χ0) is 15.3. The molecule has 4 nitrogen and oxygen atoms in total. The minimum absolute atomic E-state index is 0.0471. The molecule has 1 rings (SSSR count). The van der Waals surface area contributed by atoms with Gasteiger partial charge < -0.3 is 0 Å². The molecule has 1 fully saturated rings. The summed E-state index contributed by atoms with van der Waals surface area (Å²) in [5.74, 6) is 0.693. The van der Waals surface area contributed by atoms with Gasteiger partial charge in [0.15, 0.2) is 0 Å². The SMILES string of the molecule is COC(=O)C(/C=C/C1CSC(C)(C)N1CB=O)C(C)C. The molecule has 2 unspecified atom stereocenters. The van der Waals surface area contributed by atoms with Crippen molar-refractivity contribution in [2.45, 2.75) is 38.6 Å². The van der Waals surface area contributed by atoms with Crippen molar-refractivity contribution in [2.75, 3.05) is 19.3 Å². The summed E-state index contributed by atoms with van der Waals surface area (Å²) in [5.41, 5.74) is 0. The van der Waals surface area contributed by atoms with Crippen LogP contribution in [-0.4, -0.2) is 48.2 Å². The Morgan fingerprint density at radius 2 is 2.20 bits per heavy atom. The molecule has 0 aliphatic carbocycles. The van der Waals surface area contributed by atoms with Crippen molar-refractivity contribution in [1.82, 2.24) is 4.90 Å². The molecule has 0 radical (unpaired) electrons. The molecule has 112 valence electrons. The zero-order valence-corrected chi connectivity index (χ0v) is 13.8. The summed E-state index contributed by atoms with van der Waals surface area (Å²) in [7, 11) is 2.35. The molecule has 1 heterocycles. The van der Waals surface area contributed by atoms with E-state index in [0.717, 1.165) is 12.9 Å². The summed E-state index contributed by atoms with van der Waals surface area (Å²) in [6, 6.07) is 0.186. The molecule has 2 atom stereocenters. The molecule has 6 heteroatoms. The number of methoxy groups -OCH3 is 1. The molecule has 0 aromatic carbocycles. The first kappa shape index (κ1) is 17.4. The Bertz CT molecular complexity index is 385. The molecule has 20 heavy (non-hydrogen) atoms. The predicted octanol–water partition coefficient (Wildman–Crippen LogP) is 2.15. The van der Waals surface area contributed by atoms with Crippen LogP contribution in [0.15, 0.2) is 12.2 Å². The first-order chi connectivity index (χ1) is 9.33. The van der Waals surface area contributed by atoms with Gasteiger partial charge in [0, 0.05) is 0 Å². The van der Waals surface area contributed by atoms with E-state index in [9.17, 15) is 9.50 Å². The van der Waals surface area contributed by atoms with E-state index in [1.165, 1.54) is 7.11 Å². The van der Waals surface area contributed by atoms with Crippen LogP contribution in [0, 0.1) is 11.8 Å². The van der Waals surface area contributed by atoms with E-state index in [2.05, 4.69) is 18.7 Å². The number of esters is 1. The van der Waals surface area contributed by atoms with E-state index in [1.807, 2.05) is 37.8 Å². The molecular formula is C14H24BNO3S. The minimum atomic E-state index is -0.230. The van der Waals surface area contributed by atoms with E-state index in [4.69, 9.17) is 4.74 Å². The number of hydrogen-bond donors (Lipinski definition) is 0. The van der Waals surface area contributed by atoms with Crippen molar-refractivity contribution in [1.29, 1.82) is 0 Å². The molecule has 1 saturated heterocycles. The second kappa shape index (κ2) is 7.41. The quantitative estimate of drug-likeness (QED) is 0.427.